The highest BCUT2D eigenvalue weighted by atomic mass is 32.2. The van der Waals surface area contributed by atoms with Crippen molar-refractivity contribution >= 4 is 23.4 Å². The highest BCUT2D eigenvalue weighted by Gasteiger charge is 2.04. The Hall–Kier alpha value is -1.16. The molecule has 0 bridgehead atoms. The zero-order valence-electron chi connectivity index (χ0n) is 8.46. The summed E-state index contributed by atoms with van der Waals surface area (Å²) in [5.74, 6) is 0.583. The second-order valence-corrected chi connectivity index (χ2v) is 3.63. The van der Waals surface area contributed by atoms with Crippen LogP contribution >= 0.6 is 11.8 Å². The Bertz CT molecular complexity index is 339. The van der Waals surface area contributed by atoms with E-state index in [4.69, 9.17) is 4.74 Å². The van der Waals surface area contributed by atoms with E-state index in [0.717, 1.165) is 4.90 Å². The van der Waals surface area contributed by atoms with Crippen molar-refractivity contribution in [3.8, 4) is 5.75 Å². The maximum absolute atomic E-state index is 10.9. The molecule has 1 aromatic rings. The Morgan fingerprint density at radius 2 is 2.21 bits per heavy atom. The lowest BCUT2D eigenvalue weighted by Crippen LogP contribution is -2.07. The largest absolute Gasteiger partial charge is 0.495 e. The van der Waals surface area contributed by atoms with Gasteiger partial charge in [0, 0.05) is 11.8 Å². The van der Waals surface area contributed by atoms with E-state index < -0.39 is 0 Å². The van der Waals surface area contributed by atoms with Crippen molar-refractivity contribution in [3.05, 3.63) is 18.2 Å². The first kappa shape index (κ1) is 10.9. The number of hydrogen-bond acceptors (Lipinski definition) is 3. The van der Waals surface area contributed by atoms with Crippen molar-refractivity contribution in [2.24, 2.45) is 0 Å². The van der Waals surface area contributed by atoms with Crippen molar-refractivity contribution in [3.63, 3.8) is 0 Å². The van der Waals surface area contributed by atoms with Crippen molar-refractivity contribution in [1.82, 2.24) is 0 Å². The lowest BCUT2D eigenvalue weighted by atomic mass is 10.3. The monoisotopic (exact) mass is 211 g/mol. The van der Waals surface area contributed by atoms with Gasteiger partial charge in [-0.3, -0.25) is 4.79 Å². The smallest absolute Gasteiger partial charge is 0.221 e. The first-order valence-electron chi connectivity index (χ1n) is 4.17. The van der Waals surface area contributed by atoms with Gasteiger partial charge in [0.25, 0.3) is 0 Å². The van der Waals surface area contributed by atoms with Crippen molar-refractivity contribution in [2.75, 3.05) is 18.7 Å². The minimum absolute atomic E-state index is 0.0958. The summed E-state index contributed by atoms with van der Waals surface area (Å²) in [5.41, 5.74) is 0.715. The molecule has 0 aliphatic heterocycles. The SMILES string of the molecule is COc1ccc(SC)cc1NC(C)=O. The predicted octanol–water partition coefficient (Wildman–Crippen LogP) is 2.38. The Morgan fingerprint density at radius 3 is 2.71 bits per heavy atom. The molecule has 0 fully saturated rings. The summed E-state index contributed by atoms with van der Waals surface area (Å²) in [4.78, 5) is 12.0. The van der Waals surface area contributed by atoms with Gasteiger partial charge in [-0.1, -0.05) is 0 Å². The molecule has 0 saturated carbocycles. The van der Waals surface area contributed by atoms with Crippen LogP contribution in [0, 0.1) is 0 Å². The van der Waals surface area contributed by atoms with Gasteiger partial charge in [0.1, 0.15) is 5.75 Å². The minimum Gasteiger partial charge on any atom is -0.495 e. The zero-order valence-corrected chi connectivity index (χ0v) is 9.27. The topological polar surface area (TPSA) is 38.3 Å². The molecule has 0 aromatic heterocycles. The maximum Gasteiger partial charge on any atom is 0.221 e. The fraction of sp³-hybridized carbons (Fsp3) is 0.300. The molecule has 76 valence electrons. The van der Waals surface area contributed by atoms with Crippen molar-refractivity contribution < 1.29 is 9.53 Å². The van der Waals surface area contributed by atoms with Crippen LogP contribution in [0.3, 0.4) is 0 Å². The van der Waals surface area contributed by atoms with E-state index in [1.165, 1.54) is 6.92 Å². The highest BCUT2D eigenvalue weighted by molar-refractivity contribution is 7.98. The Balaban J connectivity index is 3.01. The number of carbonyl (C=O) groups is 1. The van der Waals surface area contributed by atoms with Gasteiger partial charge in [0.05, 0.1) is 12.8 Å². The lowest BCUT2D eigenvalue weighted by molar-refractivity contribution is -0.114. The summed E-state index contributed by atoms with van der Waals surface area (Å²) in [6, 6.07) is 5.69. The van der Waals surface area contributed by atoms with Gasteiger partial charge >= 0.3 is 0 Å². The molecule has 1 amide bonds. The fourth-order valence-electron chi connectivity index (χ4n) is 1.10. The summed E-state index contributed by atoms with van der Waals surface area (Å²) >= 11 is 1.62. The number of ether oxygens (including phenoxy) is 1. The lowest BCUT2D eigenvalue weighted by Gasteiger charge is -2.09. The van der Waals surface area contributed by atoms with Gasteiger partial charge in [-0.15, -0.1) is 11.8 Å². The highest BCUT2D eigenvalue weighted by Crippen LogP contribution is 2.28. The molecule has 0 aliphatic carbocycles. The van der Waals surface area contributed by atoms with Crippen LogP contribution in [0.15, 0.2) is 23.1 Å². The van der Waals surface area contributed by atoms with E-state index in [9.17, 15) is 4.79 Å². The summed E-state index contributed by atoms with van der Waals surface area (Å²) in [6.45, 7) is 1.48. The number of thioether (sulfide) groups is 1. The number of rotatable bonds is 3. The normalized spacial score (nSPS) is 9.64. The van der Waals surface area contributed by atoms with Crippen LogP contribution in [-0.4, -0.2) is 19.3 Å². The number of hydrogen-bond donors (Lipinski definition) is 1. The Morgan fingerprint density at radius 1 is 1.50 bits per heavy atom. The van der Waals surface area contributed by atoms with Crippen LogP contribution in [0.4, 0.5) is 5.69 Å². The van der Waals surface area contributed by atoms with Crippen LogP contribution in [0.2, 0.25) is 0 Å². The Labute approximate surface area is 87.8 Å². The first-order chi connectivity index (χ1) is 6.67. The van der Waals surface area contributed by atoms with Gasteiger partial charge in [0.15, 0.2) is 0 Å². The molecule has 0 heterocycles. The van der Waals surface area contributed by atoms with E-state index in [2.05, 4.69) is 5.32 Å². The van der Waals surface area contributed by atoms with Crippen molar-refractivity contribution in [1.29, 1.82) is 0 Å². The molecule has 14 heavy (non-hydrogen) atoms. The van der Waals surface area contributed by atoms with E-state index in [-0.39, 0.29) is 5.91 Å². The van der Waals surface area contributed by atoms with Crippen molar-refractivity contribution in [2.45, 2.75) is 11.8 Å². The molecule has 0 atom stereocenters. The molecule has 0 aliphatic rings. The predicted molar refractivity (Wildman–Crippen MR) is 59.1 cm³/mol. The molecular formula is C10H13NO2S. The van der Waals surface area contributed by atoms with Crippen LogP contribution < -0.4 is 10.1 Å². The van der Waals surface area contributed by atoms with Crippen LogP contribution in [0.5, 0.6) is 5.75 Å². The molecule has 1 aromatic carbocycles. The second-order valence-electron chi connectivity index (χ2n) is 2.75. The van der Waals surface area contributed by atoms with E-state index >= 15 is 0 Å². The summed E-state index contributed by atoms with van der Waals surface area (Å²) in [7, 11) is 1.58. The molecule has 0 saturated heterocycles. The Kier molecular flexibility index (Phi) is 3.83. The quantitative estimate of drug-likeness (QED) is 0.780. The van der Waals surface area contributed by atoms with Gasteiger partial charge in [0.2, 0.25) is 5.91 Å². The van der Waals surface area contributed by atoms with Crippen LogP contribution in [-0.2, 0) is 4.79 Å². The fourth-order valence-corrected chi connectivity index (χ4v) is 1.54. The third-order valence-corrected chi connectivity index (χ3v) is 2.44. The van der Waals surface area contributed by atoms with E-state index in [0.29, 0.717) is 11.4 Å². The first-order valence-corrected chi connectivity index (χ1v) is 5.39. The second kappa shape index (κ2) is 4.91. The molecule has 1 rings (SSSR count). The molecular weight excluding hydrogens is 198 g/mol. The molecule has 0 radical (unpaired) electrons. The number of benzene rings is 1. The standard InChI is InChI=1S/C10H13NO2S/c1-7(12)11-9-6-8(14-3)4-5-10(9)13-2/h4-6H,1-3H3,(H,11,12). The van der Waals surface area contributed by atoms with Gasteiger partial charge in [-0.2, -0.15) is 0 Å². The third kappa shape index (κ3) is 2.67. The third-order valence-electron chi connectivity index (χ3n) is 1.72. The summed E-state index contributed by atoms with van der Waals surface area (Å²) in [6.07, 6.45) is 1.99. The average molecular weight is 211 g/mol. The van der Waals surface area contributed by atoms with E-state index in [1.54, 1.807) is 18.9 Å². The molecule has 0 spiro atoms. The summed E-state index contributed by atoms with van der Waals surface area (Å²) in [5, 5.41) is 2.72. The van der Waals surface area contributed by atoms with Gasteiger partial charge < -0.3 is 10.1 Å². The number of amides is 1. The zero-order chi connectivity index (χ0) is 10.6. The van der Waals surface area contributed by atoms with Crippen LogP contribution in [0.25, 0.3) is 0 Å². The van der Waals surface area contributed by atoms with Crippen LogP contribution in [0.1, 0.15) is 6.92 Å². The molecule has 3 nitrogen and oxygen atoms in total. The average Bonchev–Trinajstić information content (AvgIpc) is 2.16. The maximum atomic E-state index is 10.9. The molecule has 0 unspecified atom stereocenters. The van der Waals surface area contributed by atoms with Gasteiger partial charge in [-0.25, -0.2) is 0 Å². The minimum atomic E-state index is -0.0958. The number of carbonyl (C=O) groups excluding carboxylic acids is 1. The molecule has 1 N–H and O–H groups in total. The number of anilines is 1. The molecule has 4 heteroatoms. The van der Waals surface area contributed by atoms with E-state index in [1.807, 2.05) is 24.5 Å². The number of methoxy groups -OCH3 is 1. The number of nitrogens with one attached hydrogen (secondary N) is 1. The van der Waals surface area contributed by atoms with Gasteiger partial charge in [-0.05, 0) is 24.5 Å². The summed E-state index contributed by atoms with van der Waals surface area (Å²) < 4.78 is 5.12.